The normalized spacial score (nSPS) is 14.4. The average Bonchev–Trinajstić information content (AvgIpc) is 2.56. The molecule has 23 heavy (non-hydrogen) atoms. The molecule has 0 aliphatic carbocycles. The number of rotatable bonds is 10. The SMILES string of the molecule is COC(=O)C(CCCCc1ccccc1)(CC(C)C)[P+](=O)OC. The Kier molecular flexibility index (Phi) is 8.43. The van der Waals surface area contributed by atoms with Crippen LogP contribution in [0.15, 0.2) is 30.3 Å². The Morgan fingerprint density at radius 3 is 2.35 bits per heavy atom. The van der Waals surface area contributed by atoms with Crippen molar-refractivity contribution in [3.8, 4) is 0 Å². The van der Waals surface area contributed by atoms with E-state index in [1.807, 2.05) is 32.0 Å². The van der Waals surface area contributed by atoms with Gasteiger partial charge in [-0.15, -0.1) is 4.52 Å². The van der Waals surface area contributed by atoms with Crippen LogP contribution in [-0.4, -0.2) is 25.3 Å². The van der Waals surface area contributed by atoms with Gasteiger partial charge in [-0.1, -0.05) is 44.2 Å². The van der Waals surface area contributed by atoms with Crippen LogP contribution in [0.4, 0.5) is 0 Å². The zero-order valence-corrected chi connectivity index (χ0v) is 15.5. The lowest BCUT2D eigenvalue weighted by molar-refractivity contribution is -0.144. The summed E-state index contributed by atoms with van der Waals surface area (Å²) in [6.45, 7) is 4.03. The van der Waals surface area contributed by atoms with Gasteiger partial charge >= 0.3 is 14.0 Å². The van der Waals surface area contributed by atoms with Crippen LogP contribution in [0, 0.1) is 5.92 Å². The molecule has 0 amide bonds. The average molecular weight is 339 g/mol. The Bertz CT molecular complexity index is 483. The van der Waals surface area contributed by atoms with Crippen molar-refractivity contribution >= 4 is 14.0 Å². The highest BCUT2D eigenvalue weighted by Crippen LogP contribution is 2.48. The van der Waals surface area contributed by atoms with Gasteiger partial charge in [-0.25, -0.2) is 4.79 Å². The molecule has 0 aliphatic heterocycles. The number of carbonyl (C=O) groups is 1. The third-order valence-corrected chi connectivity index (χ3v) is 5.59. The molecule has 1 aromatic carbocycles. The van der Waals surface area contributed by atoms with Crippen LogP contribution >= 0.6 is 8.03 Å². The van der Waals surface area contributed by atoms with E-state index in [2.05, 4.69) is 12.1 Å². The molecule has 128 valence electrons. The Morgan fingerprint density at radius 1 is 1.17 bits per heavy atom. The van der Waals surface area contributed by atoms with Gasteiger partial charge in [-0.2, -0.15) is 0 Å². The zero-order chi connectivity index (χ0) is 17.3. The molecule has 5 heteroatoms. The predicted molar refractivity (Wildman–Crippen MR) is 92.8 cm³/mol. The maximum atomic E-state index is 12.5. The minimum atomic E-state index is -2.10. The molecule has 0 saturated heterocycles. The number of hydrogen-bond acceptors (Lipinski definition) is 4. The molecule has 4 nitrogen and oxygen atoms in total. The van der Waals surface area contributed by atoms with Gasteiger partial charge < -0.3 is 4.74 Å². The molecule has 0 bridgehead atoms. The first-order valence-electron chi connectivity index (χ1n) is 8.10. The van der Waals surface area contributed by atoms with Crippen LogP contribution in [0.25, 0.3) is 0 Å². The summed E-state index contributed by atoms with van der Waals surface area (Å²) in [7, 11) is 0.638. The number of hydrogen-bond donors (Lipinski definition) is 0. The highest BCUT2D eigenvalue weighted by atomic mass is 31.1. The standard InChI is InChI=1S/C18H28O4P/c1-15(2)14-18(17(19)21-3,23(20)22-4)13-9-8-12-16-10-6-5-7-11-16/h5-7,10-11,15H,8-9,12-14H2,1-4H3/q+1. The van der Waals surface area contributed by atoms with Gasteiger partial charge in [0.05, 0.1) is 14.2 Å². The smallest absolute Gasteiger partial charge is 0.465 e. The van der Waals surface area contributed by atoms with Crippen molar-refractivity contribution in [3.63, 3.8) is 0 Å². The summed E-state index contributed by atoms with van der Waals surface area (Å²) in [6.07, 6.45) is 3.72. The number of benzene rings is 1. The topological polar surface area (TPSA) is 52.6 Å². The molecule has 0 saturated carbocycles. The number of esters is 1. The van der Waals surface area contributed by atoms with Gasteiger partial charge in [0.25, 0.3) is 5.16 Å². The summed E-state index contributed by atoms with van der Waals surface area (Å²) in [5.41, 5.74) is 1.27. The van der Waals surface area contributed by atoms with E-state index in [9.17, 15) is 9.36 Å². The molecule has 2 unspecified atom stereocenters. The third kappa shape index (κ3) is 5.71. The molecule has 0 aliphatic rings. The van der Waals surface area contributed by atoms with E-state index >= 15 is 0 Å². The van der Waals surface area contributed by atoms with Crippen molar-refractivity contribution in [2.75, 3.05) is 14.2 Å². The van der Waals surface area contributed by atoms with E-state index in [0.717, 1.165) is 19.3 Å². The molecule has 0 N–H and O–H groups in total. The highest BCUT2D eigenvalue weighted by molar-refractivity contribution is 7.42. The zero-order valence-electron chi connectivity index (χ0n) is 14.6. The Morgan fingerprint density at radius 2 is 1.83 bits per heavy atom. The third-order valence-electron chi connectivity index (χ3n) is 3.98. The van der Waals surface area contributed by atoms with Crippen molar-refractivity contribution in [2.45, 2.75) is 51.1 Å². The fourth-order valence-corrected chi connectivity index (χ4v) is 4.40. The Labute approximate surface area is 140 Å². The minimum absolute atomic E-state index is 0.234. The van der Waals surface area contributed by atoms with Gasteiger partial charge in [0, 0.05) is 12.8 Å². The summed E-state index contributed by atoms with van der Waals surface area (Å²) < 4.78 is 22.5. The fraction of sp³-hybridized carbons (Fsp3) is 0.611. The lowest BCUT2D eigenvalue weighted by atomic mass is 9.90. The minimum Gasteiger partial charge on any atom is -0.465 e. The molecule has 0 heterocycles. The number of ether oxygens (including phenoxy) is 1. The number of carbonyl (C=O) groups excluding carboxylic acids is 1. The first-order chi connectivity index (χ1) is 11.0. The second-order valence-electron chi connectivity index (χ2n) is 6.25. The lowest BCUT2D eigenvalue weighted by Gasteiger charge is -2.21. The molecule has 0 spiro atoms. The van der Waals surface area contributed by atoms with Crippen LogP contribution in [0.1, 0.15) is 45.1 Å². The van der Waals surface area contributed by atoms with Gasteiger partial charge in [-0.3, -0.25) is 0 Å². The molecular weight excluding hydrogens is 311 g/mol. The number of aryl methyl sites for hydroxylation is 1. The summed E-state index contributed by atoms with van der Waals surface area (Å²) in [6, 6.07) is 10.2. The summed E-state index contributed by atoms with van der Waals surface area (Å²) >= 11 is 0. The van der Waals surface area contributed by atoms with E-state index in [0.29, 0.717) is 12.8 Å². The summed E-state index contributed by atoms with van der Waals surface area (Å²) in [5, 5.41) is -1.04. The summed E-state index contributed by atoms with van der Waals surface area (Å²) in [4.78, 5) is 12.3. The molecule has 1 aromatic rings. The first-order valence-corrected chi connectivity index (χ1v) is 9.28. The van der Waals surface area contributed by atoms with Crippen LogP contribution in [-0.2, 0) is 25.0 Å². The molecule has 1 rings (SSSR count). The first kappa shape index (κ1) is 19.8. The molecule has 0 aromatic heterocycles. The second kappa shape index (κ2) is 9.79. The van der Waals surface area contributed by atoms with E-state index in [-0.39, 0.29) is 5.92 Å². The maximum Gasteiger partial charge on any atom is 0.526 e. The monoisotopic (exact) mass is 339 g/mol. The van der Waals surface area contributed by atoms with Crippen LogP contribution < -0.4 is 0 Å². The fourth-order valence-electron chi connectivity index (χ4n) is 2.96. The van der Waals surface area contributed by atoms with E-state index in [1.165, 1.54) is 19.8 Å². The molecule has 0 fully saturated rings. The van der Waals surface area contributed by atoms with E-state index < -0.39 is 19.2 Å². The lowest BCUT2D eigenvalue weighted by Crippen LogP contribution is -2.38. The quantitative estimate of drug-likeness (QED) is 0.351. The van der Waals surface area contributed by atoms with Crippen LogP contribution in [0.3, 0.4) is 0 Å². The Hall–Kier alpha value is -1.25. The van der Waals surface area contributed by atoms with Gasteiger partial charge in [0.2, 0.25) is 0 Å². The predicted octanol–water partition coefficient (Wildman–Crippen LogP) is 4.75. The maximum absolute atomic E-state index is 12.5. The van der Waals surface area contributed by atoms with E-state index in [1.54, 1.807) is 0 Å². The highest BCUT2D eigenvalue weighted by Gasteiger charge is 2.58. The van der Waals surface area contributed by atoms with Gasteiger partial charge in [0.15, 0.2) is 0 Å². The Balaban J connectivity index is 2.75. The molecule has 2 atom stereocenters. The number of methoxy groups -OCH3 is 1. The van der Waals surface area contributed by atoms with Gasteiger partial charge in [0.1, 0.15) is 0 Å². The second-order valence-corrected chi connectivity index (χ2v) is 7.99. The van der Waals surface area contributed by atoms with Crippen molar-refractivity contribution in [1.82, 2.24) is 0 Å². The van der Waals surface area contributed by atoms with Gasteiger partial charge in [-0.05, 0) is 35.3 Å². The van der Waals surface area contributed by atoms with Crippen LogP contribution in [0.2, 0.25) is 0 Å². The summed E-state index contributed by atoms with van der Waals surface area (Å²) in [5.74, 6) is -0.189. The largest absolute Gasteiger partial charge is 0.526 e. The van der Waals surface area contributed by atoms with E-state index in [4.69, 9.17) is 9.26 Å². The molecular formula is C18H28O4P+. The van der Waals surface area contributed by atoms with Crippen molar-refractivity contribution in [3.05, 3.63) is 35.9 Å². The van der Waals surface area contributed by atoms with Crippen LogP contribution in [0.5, 0.6) is 0 Å². The molecule has 0 radical (unpaired) electrons. The van der Waals surface area contributed by atoms with Crippen molar-refractivity contribution in [2.24, 2.45) is 5.92 Å². The van der Waals surface area contributed by atoms with Crippen molar-refractivity contribution in [1.29, 1.82) is 0 Å². The number of unbranched alkanes of at least 4 members (excludes halogenated alkanes) is 1. The van der Waals surface area contributed by atoms with Crippen molar-refractivity contribution < 1.29 is 18.6 Å².